The standard InChI is InChI=1S/C12H26N4O/c1-3-14-12(17)9-11(10-13)16-7-5-15(4-2)6-8-16/h11H,3-10,13H2,1-2H3,(H,14,17). The highest BCUT2D eigenvalue weighted by molar-refractivity contribution is 5.76. The van der Waals surface area contributed by atoms with E-state index in [1.807, 2.05) is 6.92 Å². The lowest BCUT2D eigenvalue weighted by atomic mass is 10.1. The van der Waals surface area contributed by atoms with E-state index in [1.54, 1.807) is 0 Å². The fourth-order valence-corrected chi connectivity index (χ4v) is 2.29. The quantitative estimate of drug-likeness (QED) is 0.658. The maximum absolute atomic E-state index is 11.6. The van der Waals surface area contributed by atoms with Crippen LogP contribution in [0.5, 0.6) is 0 Å². The number of carbonyl (C=O) groups excluding carboxylic acids is 1. The molecule has 5 nitrogen and oxygen atoms in total. The van der Waals surface area contributed by atoms with Crippen molar-refractivity contribution in [3.05, 3.63) is 0 Å². The van der Waals surface area contributed by atoms with Gasteiger partial charge in [0.05, 0.1) is 0 Å². The van der Waals surface area contributed by atoms with E-state index < -0.39 is 0 Å². The van der Waals surface area contributed by atoms with Gasteiger partial charge in [-0.25, -0.2) is 0 Å². The van der Waals surface area contributed by atoms with Crippen LogP contribution in [0.2, 0.25) is 0 Å². The molecule has 0 saturated carbocycles. The fourth-order valence-electron chi connectivity index (χ4n) is 2.29. The van der Waals surface area contributed by atoms with Gasteiger partial charge >= 0.3 is 0 Å². The monoisotopic (exact) mass is 242 g/mol. The number of hydrogen-bond donors (Lipinski definition) is 2. The van der Waals surface area contributed by atoms with E-state index in [2.05, 4.69) is 22.0 Å². The molecule has 1 saturated heterocycles. The number of carbonyl (C=O) groups is 1. The van der Waals surface area contributed by atoms with Crippen molar-refractivity contribution in [3.63, 3.8) is 0 Å². The molecule has 0 radical (unpaired) electrons. The van der Waals surface area contributed by atoms with E-state index in [0.717, 1.165) is 32.7 Å². The molecule has 1 fully saturated rings. The predicted molar refractivity (Wildman–Crippen MR) is 69.8 cm³/mol. The largest absolute Gasteiger partial charge is 0.356 e. The maximum Gasteiger partial charge on any atom is 0.221 e. The van der Waals surface area contributed by atoms with Crippen molar-refractivity contribution in [2.45, 2.75) is 26.3 Å². The number of nitrogens with one attached hydrogen (secondary N) is 1. The Labute approximate surface area is 104 Å². The Morgan fingerprint density at radius 1 is 1.29 bits per heavy atom. The van der Waals surface area contributed by atoms with Crippen LogP contribution in [-0.4, -0.2) is 67.6 Å². The summed E-state index contributed by atoms with van der Waals surface area (Å²) in [5.74, 6) is 0.112. The van der Waals surface area contributed by atoms with Gasteiger partial charge < -0.3 is 16.0 Å². The van der Waals surface area contributed by atoms with Gasteiger partial charge in [0.15, 0.2) is 0 Å². The summed E-state index contributed by atoms with van der Waals surface area (Å²) in [6.45, 7) is 10.7. The summed E-state index contributed by atoms with van der Waals surface area (Å²) in [5, 5.41) is 2.84. The Hall–Kier alpha value is -0.650. The highest BCUT2D eigenvalue weighted by Crippen LogP contribution is 2.08. The number of nitrogens with two attached hydrogens (primary N) is 1. The van der Waals surface area contributed by atoms with Gasteiger partial charge in [-0.15, -0.1) is 0 Å². The van der Waals surface area contributed by atoms with Crippen LogP contribution in [0, 0.1) is 0 Å². The highest BCUT2D eigenvalue weighted by Gasteiger charge is 2.23. The minimum atomic E-state index is 0.112. The van der Waals surface area contributed by atoms with Crippen molar-refractivity contribution in [1.82, 2.24) is 15.1 Å². The molecule has 1 unspecified atom stereocenters. The molecule has 1 aliphatic heterocycles. The van der Waals surface area contributed by atoms with Gasteiger partial charge in [0.25, 0.3) is 0 Å². The van der Waals surface area contributed by atoms with E-state index in [1.165, 1.54) is 0 Å². The third-order valence-electron chi connectivity index (χ3n) is 3.44. The molecular formula is C12H26N4O. The van der Waals surface area contributed by atoms with Crippen molar-refractivity contribution in [2.24, 2.45) is 5.73 Å². The lowest BCUT2D eigenvalue weighted by molar-refractivity contribution is -0.122. The van der Waals surface area contributed by atoms with E-state index in [4.69, 9.17) is 5.73 Å². The summed E-state index contributed by atoms with van der Waals surface area (Å²) >= 11 is 0. The first-order valence-corrected chi connectivity index (χ1v) is 6.64. The molecule has 1 amide bonds. The zero-order valence-corrected chi connectivity index (χ0v) is 11.1. The Morgan fingerprint density at radius 2 is 1.94 bits per heavy atom. The van der Waals surface area contributed by atoms with Gasteiger partial charge in [-0.2, -0.15) is 0 Å². The van der Waals surface area contributed by atoms with Crippen molar-refractivity contribution in [3.8, 4) is 0 Å². The molecule has 0 aromatic carbocycles. The molecule has 3 N–H and O–H groups in total. The Balaban J connectivity index is 2.38. The maximum atomic E-state index is 11.6. The fraction of sp³-hybridized carbons (Fsp3) is 0.917. The highest BCUT2D eigenvalue weighted by atomic mass is 16.1. The summed E-state index contributed by atoms with van der Waals surface area (Å²) in [5.41, 5.74) is 5.78. The van der Waals surface area contributed by atoms with Crippen LogP contribution in [0.15, 0.2) is 0 Å². The summed E-state index contributed by atoms with van der Waals surface area (Å²) < 4.78 is 0. The number of rotatable bonds is 6. The molecule has 5 heteroatoms. The number of nitrogens with zero attached hydrogens (tertiary/aromatic N) is 2. The minimum absolute atomic E-state index is 0.112. The number of piperazine rings is 1. The molecular weight excluding hydrogens is 216 g/mol. The average Bonchev–Trinajstić information content (AvgIpc) is 2.36. The molecule has 17 heavy (non-hydrogen) atoms. The predicted octanol–water partition coefficient (Wildman–Crippen LogP) is -0.523. The Bertz CT molecular complexity index is 227. The van der Waals surface area contributed by atoms with Gasteiger partial charge in [-0.3, -0.25) is 9.69 Å². The molecule has 1 aliphatic rings. The molecule has 0 bridgehead atoms. The topological polar surface area (TPSA) is 61.6 Å². The Morgan fingerprint density at radius 3 is 2.41 bits per heavy atom. The number of likely N-dealkylation sites (N-methyl/N-ethyl adjacent to an activating group) is 1. The first-order chi connectivity index (χ1) is 8.21. The van der Waals surface area contributed by atoms with Crippen LogP contribution in [0.4, 0.5) is 0 Å². The molecule has 0 aromatic heterocycles. The molecule has 0 spiro atoms. The van der Waals surface area contributed by atoms with Gasteiger partial charge in [-0.05, 0) is 13.5 Å². The third kappa shape index (κ3) is 4.61. The second kappa shape index (κ2) is 7.63. The van der Waals surface area contributed by atoms with Gasteiger partial charge in [0, 0.05) is 51.7 Å². The smallest absolute Gasteiger partial charge is 0.221 e. The Kier molecular flexibility index (Phi) is 6.47. The van der Waals surface area contributed by atoms with Gasteiger partial charge in [-0.1, -0.05) is 6.92 Å². The first-order valence-electron chi connectivity index (χ1n) is 6.64. The zero-order chi connectivity index (χ0) is 12.7. The second-order valence-corrected chi connectivity index (χ2v) is 4.52. The second-order valence-electron chi connectivity index (χ2n) is 4.52. The third-order valence-corrected chi connectivity index (χ3v) is 3.44. The summed E-state index contributed by atoms with van der Waals surface area (Å²) in [4.78, 5) is 16.3. The van der Waals surface area contributed by atoms with Crippen molar-refractivity contribution < 1.29 is 4.79 Å². The van der Waals surface area contributed by atoms with Crippen LogP contribution in [0.25, 0.3) is 0 Å². The van der Waals surface area contributed by atoms with E-state index in [9.17, 15) is 4.79 Å². The van der Waals surface area contributed by atoms with Crippen LogP contribution in [0.1, 0.15) is 20.3 Å². The summed E-state index contributed by atoms with van der Waals surface area (Å²) in [7, 11) is 0. The molecule has 1 heterocycles. The SMILES string of the molecule is CCNC(=O)CC(CN)N1CCN(CC)CC1. The minimum Gasteiger partial charge on any atom is -0.356 e. The van der Waals surface area contributed by atoms with Gasteiger partial charge in [0.2, 0.25) is 5.91 Å². The lowest BCUT2D eigenvalue weighted by Gasteiger charge is -2.38. The van der Waals surface area contributed by atoms with Crippen LogP contribution in [0.3, 0.4) is 0 Å². The first kappa shape index (κ1) is 14.4. The van der Waals surface area contributed by atoms with Crippen LogP contribution in [-0.2, 0) is 4.79 Å². The van der Waals surface area contributed by atoms with E-state index in [0.29, 0.717) is 19.5 Å². The van der Waals surface area contributed by atoms with Crippen molar-refractivity contribution in [2.75, 3.05) is 45.8 Å². The number of hydrogen-bond acceptors (Lipinski definition) is 4. The summed E-state index contributed by atoms with van der Waals surface area (Å²) in [6.07, 6.45) is 0.524. The van der Waals surface area contributed by atoms with Crippen molar-refractivity contribution >= 4 is 5.91 Å². The molecule has 0 aromatic rings. The average molecular weight is 242 g/mol. The van der Waals surface area contributed by atoms with E-state index >= 15 is 0 Å². The summed E-state index contributed by atoms with van der Waals surface area (Å²) in [6, 6.07) is 0.195. The van der Waals surface area contributed by atoms with Crippen LogP contribution < -0.4 is 11.1 Å². The van der Waals surface area contributed by atoms with E-state index in [-0.39, 0.29) is 11.9 Å². The van der Waals surface area contributed by atoms with Crippen LogP contribution >= 0.6 is 0 Å². The molecule has 1 atom stereocenters. The zero-order valence-electron chi connectivity index (χ0n) is 11.1. The molecule has 0 aliphatic carbocycles. The number of amides is 1. The normalized spacial score (nSPS) is 20.2. The molecule has 100 valence electrons. The van der Waals surface area contributed by atoms with Crippen molar-refractivity contribution in [1.29, 1.82) is 0 Å². The lowest BCUT2D eigenvalue weighted by Crippen LogP contribution is -2.53. The van der Waals surface area contributed by atoms with Gasteiger partial charge in [0.1, 0.15) is 0 Å². The molecule has 1 rings (SSSR count).